The van der Waals surface area contributed by atoms with Crippen LogP contribution in [0.4, 0.5) is 4.39 Å². The van der Waals surface area contributed by atoms with Crippen molar-refractivity contribution in [1.82, 2.24) is 9.97 Å². The maximum absolute atomic E-state index is 13.4. The molecule has 0 atom stereocenters. The Morgan fingerprint density at radius 3 is 2.62 bits per heavy atom. The molecule has 6 heteroatoms. The van der Waals surface area contributed by atoms with Crippen molar-refractivity contribution in [2.45, 2.75) is 0 Å². The Balaban J connectivity index is 2.18. The minimum atomic E-state index is -1.24. The van der Waals surface area contributed by atoms with E-state index in [1.54, 1.807) is 24.3 Å². The zero-order valence-corrected chi connectivity index (χ0v) is 10.6. The molecule has 21 heavy (non-hydrogen) atoms. The first kappa shape index (κ1) is 12.8. The fourth-order valence-electron chi connectivity index (χ4n) is 2.08. The van der Waals surface area contributed by atoms with Crippen molar-refractivity contribution in [3.05, 3.63) is 53.3 Å². The second-order valence-electron chi connectivity index (χ2n) is 4.43. The van der Waals surface area contributed by atoms with Gasteiger partial charge in [0, 0.05) is 5.56 Å². The molecule has 0 bridgehead atoms. The SMILES string of the molecule is N#Cc1ccc(-c2nc3c(C(=O)O)cc(F)cc3[nH]2)cc1. The number of aromatic amines is 1. The number of aromatic nitrogens is 2. The first-order valence-corrected chi connectivity index (χ1v) is 6.01. The number of hydrogen-bond donors (Lipinski definition) is 2. The molecular weight excluding hydrogens is 273 g/mol. The summed E-state index contributed by atoms with van der Waals surface area (Å²) in [4.78, 5) is 18.2. The number of carboxylic acid groups (broad SMARTS) is 1. The van der Waals surface area contributed by atoms with E-state index in [0.717, 1.165) is 6.07 Å². The predicted octanol–water partition coefficient (Wildman–Crippen LogP) is 2.94. The molecule has 1 heterocycles. The second kappa shape index (κ2) is 4.72. The number of carboxylic acids is 1. The molecule has 0 aliphatic rings. The van der Waals surface area contributed by atoms with Crippen molar-refractivity contribution >= 4 is 17.0 Å². The van der Waals surface area contributed by atoms with Gasteiger partial charge in [-0.1, -0.05) is 0 Å². The molecule has 0 unspecified atom stereocenters. The minimum Gasteiger partial charge on any atom is -0.478 e. The van der Waals surface area contributed by atoms with Crippen LogP contribution in [-0.4, -0.2) is 21.0 Å². The van der Waals surface area contributed by atoms with E-state index in [0.29, 0.717) is 22.5 Å². The van der Waals surface area contributed by atoms with Crippen molar-refractivity contribution in [2.75, 3.05) is 0 Å². The van der Waals surface area contributed by atoms with Crippen molar-refractivity contribution < 1.29 is 14.3 Å². The molecule has 0 radical (unpaired) electrons. The molecule has 0 saturated heterocycles. The van der Waals surface area contributed by atoms with E-state index in [4.69, 9.17) is 10.4 Å². The lowest BCUT2D eigenvalue weighted by Gasteiger charge is -1.96. The lowest BCUT2D eigenvalue weighted by Crippen LogP contribution is -1.98. The molecule has 0 aliphatic heterocycles. The van der Waals surface area contributed by atoms with E-state index < -0.39 is 11.8 Å². The Morgan fingerprint density at radius 1 is 1.29 bits per heavy atom. The van der Waals surface area contributed by atoms with Gasteiger partial charge in [-0.2, -0.15) is 5.26 Å². The van der Waals surface area contributed by atoms with Crippen molar-refractivity contribution in [3.8, 4) is 17.5 Å². The second-order valence-corrected chi connectivity index (χ2v) is 4.43. The minimum absolute atomic E-state index is 0.193. The smallest absolute Gasteiger partial charge is 0.338 e. The van der Waals surface area contributed by atoms with Gasteiger partial charge < -0.3 is 10.1 Å². The highest BCUT2D eigenvalue weighted by Crippen LogP contribution is 2.24. The van der Waals surface area contributed by atoms with Gasteiger partial charge in [0.1, 0.15) is 17.2 Å². The third-order valence-electron chi connectivity index (χ3n) is 3.07. The summed E-state index contributed by atoms with van der Waals surface area (Å²) in [6, 6.07) is 10.8. The van der Waals surface area contributed by atoms with Gasteiger partial charge in [-0.25, -0.2) is 14.2 Å². The number of halogens is 1. The lowest BCUT2D eigenvalue weighted by molar-refractivity contribution is 0.0698. The summed E-state index contributed by atoms with van der Waals surface area (Å²) in [5.74, 6) is -1.46. The highest BCUT2D eigenvalue weighted by Gasteiger charge is 2.15. The molecule has 3 aromatic rings. The quantitative estimate of drug-likeness (QED) is 0.755. The topological polar surface area (TPSA) is 89.8 Å². The zero-order chi connectivity index (χ0) is 15.0. The Labute approximate surface area is 118 Å². The van der Waals surface area contributed by atoms with Crippen LogP contribution < -0.4 is 0 Å². The normalized spacial score (nSPS) is 10.5. The lowest BCUT2D eigenvalue weighted by atomic mass is 10.1. The summed E-state index contributed by atoms with van der Waals surface area (Å²) in [5, 5.41) is 17.9. The maximum Gasteiger partial charge on any atom is 0.338 e. The molecule has 0 fully saturated rings. The standard InChI is InChI=1S/C15H8FN3O2/c16-10-5-11(15(20)21)13-12(6-10)18-14(19-13)9-3-1-8(7-17)2-4-9/h1-6H,(H,18,19)(H,20,21). The van der Waals surface area contributed by atoms with E-state index in [-0.39, 0.29) is 11.1 Å². The molecule has 1 aromatic heterocycles. The van der Waals surface area contributed by atoms with Crippen LogP contribution in [0.3, 0.4) is 0 Å². The third-order valence-corrected chi connectivity index (χ3v) is 3.07. The Kier molecular flexibility index (Phi) is 2.88. The first-order valence-electron chi connectivity index (χ1n) is 6.01. The number of rotatable bonds is 2. The predicted molar refractivity (Wildman–Crippen MR) is 73.2 cm³/mol. The molecule has 2 N–H and O–H groups in total. The summed E-state index contributed by atoms with van der Waals surface area (Å²) in [7, 11) is 0. The van der Waals surface area contributed by atoms with E-state index in [1.807, 2.05) is 6.07 Å². The molecule has 2 aromatic carbocycles. The average Bonchev–Trinajstić information content (AvgIpc) is 2.90. The molecule has 0 spiro atoms. The summed E-state index contributed by atoms with van der Waals surface area (Å²) in [5.41, 5.74) is 1.50. The number of nitriles is 1. The van der Waals surface area contributed by atoms with Gasteiger partial charge in [-0.3, -0.25) is 0 Å². The maximum atomic E-state index is 13.4. The van der Waals surface area contributed by atoms with Crippen molar-refractivity contribution in [1.29, 1.82) is 5.26 Å². The number of imidazole rings is 1. The van der Waals surface area contributed by atoms with E-state index >= 15 is 0 Å². The molecule has 102 valence electrons. The van der Waals surface area contributed by atoms with Gasteiger partial charge in [0.05, 0.1) is 22.7 Å². The van der Waals surface area contributed by atoms with Crippen LogP contribution in [0.1, 0.15) is 15.9 Å². The number of benzene rings is 2. The van der Waals surface area contributed by atoms with Crippen LogP contribution in [0.2, 0.25) is 0 Å². The van der Waals surface area contributed by atoms with Gasteiger partial charge in [0.2, 0.25) is 0 Å². The fraction of sp³-hybridized carbons (Fsp3) is 0. The van der Waals surface area contributed by atoms with E-state index in [1.165, 1.54) is 6.07 Å². The fourth-order valence-corrected chi connectivity index (χ4v) is 2.08. The number of carbonyl (C=O) groups is 1. The largest absolute Gasteiger partial charge is 0.478 e. The van der Waals surface area contributed by atoms with Gasteiger partial charge >= 0.3 is 5.97 Å². The van der Waals surface area contributed by atoms with Gasteiger partial charge in [0.15, 0.2) is 0 Å². The number of nitrogens with zero attached hydrogens (tertiary/aromatic N) is 2. The number of hydrogen-bond acceptors (Lipinski definition) is 3. The van der Waals surface area contributed by atoms with Crippen LogP contribution in [0, 0.1) is 17.1 Å². The summed E-state index contributed by atoms with van der Waals surface area (Å²) < 4.78 is 13.4. The highest BCUT2D eigenvalue weighted by molar-refractivity contribution is 6.01. The monoisotopic (exact) mass is 281 g/mol. The van der Waals surface area contributed by atoms with Gasteiger partial charge in [-0.15, -0.1) is 0 Å². The van der Waals surface area contributed by atoms with Crippen molar-refractivity contribution in [3.63, 3.8) is 0 Å². The summed E-state index contributed by atoms with van der Waals surface area (Å²) in [6.07, 6.45) is 0. The first-order chi connectivity index (χ1) is 10.1. The molecule has 3 rings (SSSR count). The Hall–Kier alpha value is -3.20. The van der Waals surface area contributed by atoms with Crippen LogP contribution in [0.15, 0.2) is 36.4 Å². The average molecular weight is 281 g/mol. The third kappa shape index (κ3) is 2.21. The van der Waals surface area contributed by atoms with Gasteiger partial charge in [0.25, 0.3) is 0 Å². The van der Waals surface area contributed by atoms with Crippen LogP contribution in [0.5, 0.6) is 0 Å². The molecule has 0 aliphatic carbocycles. The van der Waals surface area contributed by atoms with Crippen molar-refractivity contribution in [2.24, 2.45) is 0 Å². The molecule has 5 nitrogen and oxygen atoms in total. The summed E-state index contributed by atoms with van der Waals surface area (Å²) >= 11 is 0. The van der Waals surface area contributed by atoms with Gasteiger partial charge in [-0.05, 0) is 36.4 Å². The number of aromatic carboxylic acids is 1. The van der Waals surface area contributed by atoms with Crippen LogP contribution in [-0.2, 0) is 0 Å². The van der Waals surface area contributed by atoms with Crippen LogP contribution in [0.25, 0.3) is 22.4 Å². The zero-order valence-electron chi connectivity index (χ0n) is 10.6. The van der Waals surface area contributed by atoms with E-state index in [2.05, 4.69) is 9.97 Å². The summed E-state index contributed by atoms with van der Waals surface area (Å²) in [6.45, 7) is 0. The molecule has 0 saturated carbocycles. The Bertz CT molecular complexity index is 892. The molecular formula is C15H8FN3O2. The Morgan fingerprint density at radius 2 is 2.00 bits per heavy atom. The van der Waals surface area contributed by atoms with E-state index in [9.17, 15) is 9.18 Å². The number of fused-ring (bicyclic) bond motifs is 1. The van der Waals surface area contributed by atoms with Crippen LogP contribution >= 0.6 is 0 Å². The number of nitrogens with one attached hydrogen (secondary N) is 1. The number of H-pyrrole nitrogens is 1. The molecule has 0 amide bonds. The highest BCUT2D eigenvalue weighted by atomic mass is 19.1.